The Morgan fingerprint density at radius 1 is 1.06 bits per heavy atom. The molecule has 1 aliphatic rings. The molecular formula is C25H32N4O2. The number of amides is 1. The molecule has 1 aliphatic heterocycles. The molecule has 0 unspecified atom stereocenters. The second-order valence-corrected chi connectivity index (χ2v) is 9.06. The molecule has 1 N–H and O–H groups in total. The number of hydrogen-bond acceptors (Lipinski definition) is 4. The van der Waals surface area contributed by atoms with Gasteiger partial charge < -0.3 is 14.5 Å². The summed E-state index contributed by atoms with van der Waals surface area (Å²) in [6, 6.07) is 11.3. The molecule has 0 radical (unpaired) electrons. The van der Waals surface area contributed by atoms with E-state index >= 15 is 0 Å². The Kier molecular flexibility index (Phi) is 6.28. The number of ether oxygens (including phenoxy) is 1. The van der Waals surface area contributed by atoms with Crippen molar-refractivity contribution in [2.75, 3.05) is 19.6 Å². The van der Waals surface area contributed by atoms with Crippen LogP contribution in [0.3, 0.4) is 0 Å². The minimum Gasteiger partial charge on any atom is -0.487 e. The van der Waals surface area contributed by atoms with Gasteiger partial charge in [-0.15, -0.1) is 0 Å². The van der Waals surface area contributed by atoms with E-state index in [0.29, 0.717) is 18.7 Å². The highest BCUT2D eigenvalue weighted by atomic mass is 16.5. The van der Waals surface area contributed by atoms with Gasteiger partial charge >= 0.3 is 0 Å². The molecule has 31 heavy (non-hydrogen) atoms. The SMILES string of the molecule is Cc1ccc2nc(COc3ccc(C(=O)NCC(C)(C)N4CCCCC4)cc3)cn2c1. The summed E-state index contributed by atoms with van der Waals surface area (Å²) < 4.78 is 7.87. The monoisotopic (exact) mass is 420 g/mol. The number of imidazole rings is 1. The molecule has 6 heteroatoms. The van der Waals surface area contributed by atoms with E-state index in [0.717, 1.165) is 30.2 Å². The second kappa shape index (κ2) is 9.10. The van der Waals surface area contributed by atoms with Crippen molar-refractivity contribution in [3.63, 3.8) is 0 Å². The second-order valence-electron chi connectivity index (χ2n) is 9.06. The molecule has 0 saturated carbocycles. The summed E-state index contributed by atoms with van der Waals surface area (Å²) in [5.41, 5.74) is 3.57. The van der Waals surface area contributed by atoms with Crippen LogP contribution < -0.4 is 10.1 Å². The minimum absolute atomic E-state index is 0.0359. The zero-order valence-corrected chi connectivity index (χ0v) is 18.7. The van der Waals surface area contributed by atoms with Crippen molar-refractivity contribution in [2.24, 2.45) is 0 Å². The van der Waals surface area contributed by atoms with E-state index in [9.17, 15) is 4.79 Å². The number of piperidine rings is 1. The van der Waals surface area contributed by atoms with Crippen molar-refractivity contribution in [3.05, 3.63) is 65.6 Å². The summed E-state index contributed by atoms with van der Waals surface area (Å²) in [5.74, 6) is 0.672. The number of fused-ring (bicyclic) bond motifs is 1. The molecule has 0 bridgehead atoms. The molecule has 0 spiro atoms. The number of aryl methyl sites for hydroxylation is 1. The molecule has 6 nitrogen and oxygen atoms in total. The molecule has 1 saturated heterocycles. The van der Waals surface area contributed by atoms with Gasteiger partial charge in [0.25, 0.3) is 5.91 Å². The number of hydrogen-bond donors (Lipinski definition) is 1. The molecule has 3 heterocycles. The van der Waals surface area contributed by atoms with Crippen LogP contribution in [0.5, 0.6) is 5.75 Å². The number of aromatic nitrogens is 2. The van der Waals surface area contributed by atoms with Crippen molar-refractivity contribution in [2.45, 2.75) is 52.2 Å². The van der Waals surface area contributed by atoms with Crippen LogP contribution in [0.4, 0.5) is 0 Å². The van der Waals surface area contributed by atoms with Crippen molar-refractivity contribution in [1.29, 1.82) is 0 Å². The Morgan fingerprint density at radius 2 is 1.81 bits per heavy atom. The van der Waals surface area contributed by atoms with Crippen LogP contribution in [-0.4, -0.2) is 45.4 Å². The first-order valence-corrected chi connectivity index (χ1v) is 11.1. The molecule has 4 rings (SSSR count). The number of carbonyl (C=O) groups is 1. The fourth-order valence-corrected chi connectivity index (χ4v) is 4.09. The zero-order valence-electron chi connectivity index (χ0n) is 18.7. The van der Waals surface area contributed by atoms with Gasteiger partial charge in [0.2, 0.25) is 0 Å². The highest BCUT2D eigenvalue weighted by Gasteiger charge is 2.28. The first kappa shape index (κ1) is 21.4. The van der Waals surface area contributed by atoms with Gasteiger partial charge in [0.1, 0.15) is 18.0 Å². The van der Waals surface area contributed by atoms with Crippen molar-refractivity contribution >= 4 is 11.6 Å². The number of rotatable bonds is 7. The Morgan fingerprint density at radius 3 is 2.55 bits per heavy atom. The fourth-order valence-electron chi connectivity index (χ4n) is 4.09. The lowest BCUT2D eigenvalue weighted by Crippen LogP contribution is -2.53. The summed E-state index contributed by atoms with van der Waals surface area (Å²) in [6.45, 7) is 9.71. The van der Waals surface area contributed by atoms with Gasteiger partial charge in [-0.3, -0.25) is 9.69 Å². The normalized spacial score (nSPS) is 15.2. The first-order chi connectivity index (χ1) is 14.9. The lowest BCUT2D eigenvalue weighted by atomic mass is 9.98. The average Bonchev–Trinajstić information content (AvgIpc) is 3.19. The van der Waals surface area contributed by atoms with E-state index in [2.05, 4.69) is 36.0 Å². The lowest BCUT2D eigenvalue weighted by Gasteiger charge is -2.41. The largest absolute Gasteiger partial charge is 0.487 e. The van der Waals surface area contributed by atoms with Gasteiger partial charge in [-0.25, -0.2) is 4.98 Å². The molecule has 1 amide bonds. The maximum absolute atomic E-state index is 12.6. The molecule has 3 aromatic rings. The van der Waals surface area contributed by atoms with Crippen LogP contribution in [0.25, 0.3) is 5.65 Å². The summed E-state index contributed by atoms with van der Waals surface area (Å²) in [7, 11) is 0. The topological polar surface area (TPSA) is 58.9 Å². The van der Waals surface area contributed by atoms with Gasteiger partial charge in [-0.1, -0.05) is 12.5 Å². The molecule has 0 aliphatic carbocycles. The first-order valence-electron chi connectivity index (χ1n) is 11.1. The smallest absolute Gasteiger partial charge is 0.251 e. The van der Waals surface area contributed by atoms with E-state index in [1.54, 1.807) is 0 Å². The predicted octanol–water partition coefficient (Wildman–Crippen LogP) is 4.22. The Bertz CT molecular complexity index is 1030. The molecule has 1 fully saturated rings. The standard InChI is InChI=1S/C25H32N4O2/c1-19-7-12-23-27-21(16-28(23)15-19)17-31-22-10-8-20(9-11-22)24(30)26-18-25(2,3)29-13-5-4-6-14-29/h7-12,15-16H,4-6,13-14,17-18H2,1-3H3,(H,26,30). The quantitative estimate of drug-likeness (QED) is 0.622. The van der Waals surface area contributed by atoms with E-state index in [-0.39, 0.29) is 11.4 Å². The van der Waals surface area contributed by atoms with Crippen molar-refractivity contribution < 1.29 is 9.53 Å². The van der Waals surface area contributed by atoms with Gasteiger partial charge in [-0.2, -0.15) is 0 Å². The van der Waals surface area contributed by atoms with E-state index in [1.807, 2.05) is 53.2 Å². The number of pyridine rings is 1. The van der Waals surface area contributed by atoms with Crippen LogP contribution >= 0.6 is 0 Å². The van der Waals surface area contributed by atoms with E-state index in [1.165, 1.54) is 24.8 Å². The summed E-state index contributed by atoms with van der Waals surface area (Å²) in [4.78, 5) is 19.7. The Balaban J connectivity index is 1.30. The third-order valence-electron chi connectivity index (χ3n) is 6.05. The molecule has 1 aromatic carbocycles. The third kappa shape index (κ3) is 5.25. The summed E-state index contributed by atoms with van der Waals surface area (Å²) in [5, 5.41) is 3.10. The number of nitrogens with one attached hydrogen (secondary N) is 1. The van der Waals surface area contributed by atoms with Crippen LogP contribution in [0, 0.1) is 6.92 Å². The average molecular weight is 421 g/mol. The van der Waals surface area contributed by atoms with Crippen LogP contribution in [-0.2, 0) is 6.61 Å². The zero-order chi connectivity index (χ0) is 21.8. The van der Waals surface area contributed by atoms with E-state index < -0.39 is 0 Å². The Hall–Kier alpha value is -2.86. The molecule has 2 aromatic heterocycles. The minimum atomic E-state index is -0.0487. The Labute approximate surface area is 184 Å². The van der Waals surface area contributed by atoms with Crippen LogP contribution in [0.15, 0.2) is 48.8 Å². The predicted molar refractivity (Wildman–Crippen MR) is 123 cm³/mol. The summed E-state index contributed by atoms with van der Waals surface area (Å²) in [6.07, 6.45) is 7.82. The summed E-state index contributed by atoms with van der Waals surface area (Å²) >= 11 is 0. The molecule has 164 valence electrons. The highest BCUT2D eigenvalue weighted by Crippen LogP contribution is 2.20. The number of likely N-dealkylation sites (tertiary alicyclic amines) is 1. The lowest BCUT2D eigenvalue weighted by molar-refractivity contribution is 0.0797. The third-order valence-corrected chi connectivity index (χ3v) is 6.05. The molecule has 0 atom stereocenters. The maximum atomic E-state index is 12.6. The number of benzene rings is 1. The van der Waals surface area contributed by atoms with Crippen molar-refractivity contribution in [3.8, 4) is 5.75 Å². The number of carbonyl (C=O) groups excluding carboxylic acids is 1. The van der Waals surface area contributed by atoms with Gasteiger partial charge in [-0.05, 0) is 82.6 Å². The highest BCUT2D eigenvalue weighted by molar-refractivity contribution is 5.94. The van der Waals surface area contributed by atoms with E-state index in [4.69, 9.17) is 4.74 Å². The number of nitrogens with zero attached hydrogens (tertiary/aromatic N) is 3. The van der Waals surface area contributed by atoms with Crippen LogP contribution in [0.2, 0.25) is 0 Å². The van der Waals surface area contributed by atoms with Gasteiger partial charge in [0, 0.05) is 30.0 Å². The van der Waals surface area contributed by atoms with Crippen molar-refractivity contribution in [1.82, 2.24) is 19.6 Å². The van der Waals surface area contributed by atoms with Crippen LogP contribution in [0.1, 0.15) is 54.7 Å². The fraction of sp³-hybridized carbons (Fsp3) is 0.440. The maximum Gasteiger partial charge on any atom is 0.251 e. The van der Waals surface area contributed by atoms with Gasteiger partial charge in [0.15, 0.2) is 0 Å². The molecular weight excluding hydrogens is 388 g/mol. The van der Waals surface area contributed by atoms with Gasteiger partial charge in [0.05, 0.1) is 5.69 Å².